The Morgan fingerprint density at radius 1 is 0.656 bits per heavy atom. The van der Waals surface area contributed by atoms with Crippen LogP contribution in [-0.4, -0.2) is 31.3 Å². The van der Waals surface area contributed by atoms with Gasteiger partial charge in [-0.15, -0.1) is 0 Å². The standard InChI is InChI=1S/C27H53NO4/c1-6-7-8-9-10-11-12-13-14-15-16-17-18-19-20-21-31-26(29)25(24(4)5)28-27(30)32-22-23(2)3/h23-25H,6-22H2,1-5H3,(H,28,30). The van der Waals surface area contributed by atoms with Crippen molar-refractivity contribution < 1.29 is 19.1 Å². The number of nitrogens with one attached hydrogen (secondary N) is 1. The molecule has 0 aromatic heterocycles. The van der Waals surface area contributed by atoms with E-state index in [1.807, 2.05) is 27.7 Å². The first-order valence-electron chi connectivity index (χ1n) is 13.5. The molecule has 0 heterocycles. The van der Waals surface area contributed by atoms with Crippen LogP contribution in [0.4, 0.5) is 4.79 Å². The minimum Gasteiger partial charge on any atom is -0.464 e. The maximum atomic E-state index is 12.3. The van der Waals surface area contributed by atoms with Crippen molar-refractivity contribution in [2.75, 3.05) is 13.2 Å². The third kappa shape index (κ3) is 19.4. The Kier molecular flexibility index (Phi) is 20.7. The monoisotopic (exact) mass is 455 g/mol. The Hall–Kier alpha value is -1.26. The molecule has 0 saturated carbocycles. The summed E-state index contributed by atoms with van der Waals surface area (Å²) in [6, 6.07) is -0.661. The van der Waals surface area contributed by atoms with E-state index in [0.717, 1.165) is 12.8 Å². The molecule has 1 amide bonds. The highest BCUT2D eigenvalue weighted by atomic mass is 16.6. The second-order valence-corrected chi connectivity index (χ2v) is 9.98. The molecule has 0 rings (SSSR count). The molecule has 1 unspecified atom stereocenters. The molecular weight excluding hydrogens is 402 g/mol. The summed E-state index contributed by atoms with van der Waals surface area (Å²) < 4.78 is 10.5. The average Bonchev–Trinajstić information content (AvgIpc) is 2.75. The summed E-state index contributed by atoms with van der Waals surface area (Å²) in [5.74, 6) is -0.155. The van der Waals surface area contributed by atoms with Crippen LogP contribution in [0.25, 0.3) is 0 Å². The number of carbonyl (C=O) groups is 2. The van der Waals surface area contributed by atoms with Crippen LogP contribution >= 0.6 is 0 Å². The lowest BCUT2D eigenvalue weighted by molar-refractivity contribution is -0.147. The van der Waals surface area contributed by atoms with Gasteiger partial charge in [-0.2, -0.15) is 0 Å². The van der Waals surface area contributed by atoms with Gasteiger partial charge >= 0.3 is 12.1 Å². The summed E-state index contributed by atoms with van der Waals surface area (Å²) in [5.41, 5.74) is 0. The fourth-order valence-electron chi connectivity index (χ4n) is 3.64. The predicted octanol–water partition coefficient (Wildman–Crippen LogP) is 7.81. The van der Waals surface area contributed by atoms with Crippen LogP contribution in [0.15, 0.2) is 0 Å². The highest BCUT2D eigenvalue weighted by Gasteiger charge is 2.26. The van der Waals surface area contributed by atoms with Gasteiger partial charge in [0.05, 0.1) is 13.2 Å². The number of carbonyl (C=O) groups excluding carboxylic acids is 2. The van der Waals surface area contributed by atoms with Gasteiger partial charge in [0, 0.05) is 0 Å². The van der Waals surface area contributed by atoms with Gasteiger partial charge in [0.15, 0.2) is 0 Å². The number of alkyl carbamates (subject to hydrolysis) is 1. The van der Waals surface area contributed by atoms with Crippen LogP contribution in [0.3, 0.4) is 0 Å². The number of hydrogen-bond acceptors (Lipinski definition) is 4. The molecule has 32 heavy (non-hydrogen) atoms. The molecule has 0 fully saturated rings. The molecule has 0 aliphatic rings. The predicted molar refractivity (Wildman–Crippen MR) is 134 cm³/mol. The van der Waals surface area contributed by atoms with E-state index >= 15 is 0 Å². The minimum absolute atomic E-state index is 0.0462. The largest absolute Gasteiger partial charge is 0.464 e. The molecule has 0 bridgehead atoms. The SMILES string of the molecule is CCCCCCCCCCCCCCCCCOC(=O)C(NC(=O)OCC(C)C)C(C)C. The first kappa shape index (κ1) is 30.7. The Balaban J connectivity index is 3.61. The molecule has 1 N–H and O–H groups in total. The van der Waals surface area contributed by atoms with Gasteiger partial charge in [0.1, 0.15) is 6.04 Å². The molecule has 0 radical (unpaired) electrons. The van der Waals surface area contributed by atoms with E-state index in [9.17, 15) is 9.59 Å². The number of esters is 1. The first-order valence-corrected chi connectivity index (χ1v) is 13.5. The highest BCUT2D eigenvalue weighted by Crippen LogP contribution is 2.13. The molecule has 0 aliphatic carbocycles. The van der Waals surface area contributed by atoms with Gasteiger partial charge in [0.2, 0.25) is 0 Å². The van der Waals surface area contributed by atoms with Gasteiger partial charge < -0.3 is 14.8 Å². The van der Waals surface area contributed by atoms with Gasteiger partial charge in [-0.25, -0.2) is 9.59 Å². The maximum absolute atomic E-state index is 12.3. The molecular formula is C27H53NO4. The molecule has 0 aromatic rings. The lowest BCUT2D eigenvalue weighted by atomic mass is 10.0. The lowest BCUT2D eigenvalue weighted by Gasteiger charge is -2.21. The van der Waals surface area contributed by atoms with Crippen LogP contribution in [0.2, 0.25) is 0 Å². The maximum Gasteiger partial charge on any atom is 0.407 e. The summed E-state index contributed by atoms with van der Waals surface area (Å²) in [4.78, 5) is 24.2. The number of ether oxygens (including phenoxy) is 2. The fraction of sp³-hybridized carbons (Fsp3) is 0.926. The van der Waals surface area contributed by atoms with Crippen LogP contribution in [-0.2, 0) is 14.3 Å². The average molecular weight is 456 g/mol. The molecule has 0 spiro atoms. The number of unbranched alkanes of at least 4 members (excludes halogenated alkanes) is 14. The zero-order valence-corrected chi connectivity index (χ0v) is 21.9. The highest BCUT2D eigenvalue weighted by molar-refractivity contribution is 5.81. The van der Waals surface area contributed by atoms with E-state index in [1.54, 1.807) is 0 Å². The molecule has 190 valence electrons. The van der Waals surface area contributed by atoms with E-state index in [1.165, 1.54) is 83.5 Å². The molecule has 5 nitrogen and oxygen atoms in total. The van der Waals surface area contributed by atoms with Crippen molar-refractivity contribution in [2.24, 2.45) is 11.8 Å². The number of rotatable bonds is 21. The molecule has 0 saturated heterocycles. The van der Waals surface area contributed by atoms with Crippen molar-refractivity contribution in [1.29, 1.82) is 0 Å². The molecule has 0 aromatic carbocycles. The first-order chi connectivity index (χ1) is 15.4. The van der Waals surface area contributed by atoms with Gasteiger partial charge in [-0.05, 0) is 18.3 Å². The quantitative estimate of drug-likeness (QED) is 0.142. The summed E-state index contributed by atoms with van der Waals surface area (Å²) >= 11 is 0. The van der Waals surface area contributed by atoms with Gasteiger partial charge in [0.25, 0.3) is 0 Å². The number of hydrogen-bond donors (Lipinski definition) is 1. The summed E-state index contributed by atoms with van der Waals surface area (Å²) in [6.07, 6.45) is 19.1. The lowest BCUT2D eigenvalue weighted by Crippen LogP contribution is -2.45. The second kappa shape index (κ2) is 21.6. The van der Waals surface area contributed by atoms with E-state index < -0.39 is 12.1 Å². The van der Waals surface area contributed by atoms with Gasteiger partial charge in [-0.1, -0.05) is 125 Å². The normalized spacial score (nSPS) is 12.2. The summed E-state index contributed by atoms with van der Waals surface area (Å²) in [7, 11) is 0. The van der Waals surface area contributed by atoms with Crippen molar-refractivity contribution in [2.45, 2.75) is 137 Å². The van der Waals surface area contributed by atoms with Crippen LogP contribution in [0.5, 0.6) is 0 Å². The van der Waals surface area contributed by atoms with Gasteiger partial charge in [-0.3, -0.25) is 0 Å². The number of amides is 1. The Bertz CT molecular complexity index is 451. The molecule has 5 heteroatoms. The fourth-order valence-corrected chi connectivity index (χ4v) is 3.64. The Morgan fingerprint density at radius 2 is 1.09 bits per heavy atom. The topological polar surface area (TPSA) is 64.6 Å². The van der Waals surface area contributed by atoms with Crippen molar-refractivity contribution >= 4 is 12.1 Å². The van der Waals surface area contributed by atoms with Crippen molar-refractivity contribution in [1.82, 2.24) is 5.32 Å². The van der Waals surface area contributed by atoms with Crippen LogP contribution < -0.4 is 5.32 Å². The third-order valence-corrected chi connectivity index (χ3v) is 5.73. The second-order valence-electron chi connectivity index (χ2n) is 9.98. The summed E-state index contributed by atoms with van der Waals surface area (Å²) in [5, 5.41) is 2.64. The van der Waals surface area contributed by atoms with Crippen molar-refractivity contribution in [3.8, 4) is 0 Å². The Labute approximate surface area is 198 Å². The van der Waals surface area contributed by atoms with E-state index in [2.05, 4.69) is 12.2 Å². The van der Waals surface area contributed by atoms with Crippen LogP contribution in [0.1, 0.15) is 131 Å². The van der Waals surface area contributed by atoms with Crippen molar-refractivity contribution in [3.05, 3.63) is 0 Å². The molecule has 1 atom stereocenters. The Morgan fingerprint density at radius 3 is 1.50 bits per heavy atom. The van der Waals surface area contributed by atoms with E-state index in [4.69, 9.17) is 9.47 Å². The zero-order chi connectivity index (χ0) is 24.0. The minimum atomic E-state index is -0.661. The third-order valence-electron chi connectivity index (χ3n) is 5.73. The van der Waals surface area contributed by atoms with Crippen molar-refractivity contribution in [3.63, 3.8) is 0 Å². The summed E-state index contributed by atoms with van der Waals surface area (Å²) in [6.45, 7) is 10.8. The van der Waals surface area contributed by atoms with Crippen LogP contribution in [0, 0.1) is 11.8 Å². The smallest absolute Gasteiger partial charge is 0.407 e. The van der Waals surface area contributed by atoms with E-state index in [0.29, 0.717) is 13.2 Å². The molecule has 0 aliphatic heterocycles. The van der Waals surface area contributed by atoms with E-state index in [-0.39, 0.29) is 17.8 Å². The zero-order valence-electron chi connectivity index (χ0n) is 21.9.